The summed E-state index contributed by atoms with van der Waals surface area (Å²) in [6.45, 7) is 5.69. The number of benzene rings is 1. The van der Waals surface area contributed by atoms with Crippen LogP contribution < -0.4 is 10.1 Å². The number of nitrogens with one attached hydrogen (secondary N) is 1. The second-order valence-electron chi connectivity index (χ2n) is 6.51. The van der Waals surface area contributed by atoms with Gasteiger partial charge in [0.1, 0.15) is 17.4 Å². The third kappa shape index (κ3) is 4.46. The van der Waals surface area contributed by atoms with Crippen LogP contribution in [-0.4, -0.2) is 24.7 Å². The van der Waals surface area contributed by atoms with Gasteiger partial charge in [-0.1, -0.05) is 12.1 Å². The summed E-state index contributed by atoms with van der Waals surface area (Å²) < 4.78 is 10.7. The highest BCUT2D eigenvalue weighted by molar-refractivity contribution is 5.76. The molecule has 0 amide bonds. The topological polar surface area (TPSA) is 47.6 Å². The van der Waals surface area contributed by atoms with Crippen molar-refractivity contribution in [2.24, 2.45) is 0 Å². The lowest BCUT2D eigenvalue weighted by Gasteiger charge is -2.32. The Morgan fingerprint density at radius 3 is 2.43 bits per heavy atom. The molecule has 4 heteroatoms. The number of hydrogen-bond donors (Lipinski definition) is 1. The SMILES string of the molecule is COc1ccc([C@@H]2CCC[C@H](C(=O)OC(C)(C)C)N2)cc1. The maximum Gasteiger partial charge on any atom is 0.323 e. The van der Waals surface area contributed by atoms with E-state index in [4.69, 9.17) is 9.47 Å². The predicted octanol–water partition coefficient (Wildman–Crippen LogP) is 3.22. The van der Waals surface area contributed by atoms with Crippen LogP contribution in [0.15, 0.2) is 24.3 Å². The second-order valence-corrected chi connectivity index (χ2v) is 6.51. The van der Waals surface area contributed by atoms with Gasteiger partial charge in [-0.15, -0.1) is 0 Å². The Bertz CT molecular complexity index is 476. The standard InChI is InChI=1S/C17H25NO3/c1-17(2,3)21-16(19)15-7-5-6-14(18-15)12-8-10-13(20-4)11-9-12/h8-11,14-15,18H,5-7H2,1-4H3/t14-,15+/m0/s1. The van der Waals surface area contributed by atoms with Gasteiger partial charge in [-0.2, -0.15) is 0 Å². The molecule has 1 saturated heterocycles. The molecular formula is C17H25NO3. The number of hydrogen-bond acceptors (Lipinski definition) is 4. The zero-order valence-corrected chi connectivity index (χ0v) is 13.3. The van der Waals surface area contributed by atoms with E-state index in [1.54, 1.807) is 7.11 Å². The Labute approximate surface area is 126 Å². The van der Waals surface area contributed by atoms with Crippen LogP contribution in [0.25, 0.3) is 0 Å². The Hall–Kier alpha value is -1.55. The fourth-order valence-electron chi connectivity index (χ4n) is 2.59. The van der Waals surface area contributed by atoms with Gasteiger partial charge in [-0.05, 0) is 57.7 Å². The van der Waals surface area contributed by atoms with E-state index in [9.17, 15) is 4.79 Å². The molecule has 2 atom stereocenters. The molecule has 116 valence electrons. The zero-order chi connectivity index (χ0) is 15.5. The van der Waals surface area contributed by atoms with Gasteiger partial charge < -0.3 is 9.47 Å². The zero-order valence-electron chi connectivity index (χ0n) is 13.3. The number of carbonyl (C=O) groups excluding carboxylic acids is 1. The van der Waals surface area contributed by atoms with Crippen LogP contribution in [-0.2, 0) is 9.53 Å². The van der Waals surface area contributed by atoms with E-state index in [0.29, 0.717) is 0 Å². The van der Waals surface area contributed by atoms with Crippen LogP contribution in [0.1, 0.15) is 51.6 Å². The highest BCUT2D eigenvalue weighted by Gasteiger charge is 2.30. The van der Waals surface area contributed by atoms with E-state index in [1.807, 2.05) is 45.0 Å². The molecule has 0 spiro atoms. The van der Waals surface area contributed by atoms with Gasteiger partial charge >= 0.3 is 5.97 Å². The van der Waals surface area contributed by atoms with E-state index >= 15 is 0 Å². The van der Waals surface area contributed by atoms with Crippen LogP contribution in [0.4, 0.5) is 0 Å². The fourth-order valence-corrected chi connectivity index (χ4v) is 2.59. The summed E-state index contributed by atoms with van der Waals surface area (Å²) in [6.07, 6.45) is 2.89. The molecule has 2 rings (SSSR count). The molecule has 0 radical (unpaired) electrons. The Balaban J connectivity index is 2.01. The first-order valence-corrected chi connectivity index (χ1v) is 7.52. The van der Waals surface area contributed by atoms with Gasteiger partial charge in [0.25, 0.3) is 0 Å². The molecule has 0 saturated carbocycles. The first-order valence-electron chi connectivity index (χ1n) is 7.52. The minimum absolute atomic E-state index is 0.152. The van der Waals surface area contributed by atoms with Gasteiger partial charge in [-0.25, -0.2) is 0 Å². The van der Waals surface area contributed by atoms with Gasteiger partial charge in [0.15, 0.2) is 0 Å². The Morgan fingerprint density at radius 2 is 1.86 bits per heavy atom. The van der Waals surface area contributed by atoms with Crippen molar-refractivity contribution >= 4 is 5.97 Å². The average Bonchev–Trinajstić information content (AvgIpc) is 2.46. The summed E-state index contributed by atoms with van der Waals surface area (Å²) in [5, 5.41) is 3.41. The number of methoxy groups -OCH3 is 1. The smallest absolute Gasteiger partial charge is 0.323 e. The summed E-state index contributed by atoms with van der Waals surface area (Å²) in [5.41, 5.74) is 0.746. The quantitative estimate of drug-likeness (QED) is 0.869. The van der Waals surface area contributed by atoms with E-state index in [0.717, 1.165) is 25.0 Å². The third-order valence-electron chi connectivity index (χ3n) is 3.60. The first-order chi connectivity index (χ1) is 9.89. The molecule has 0 bridgehead atoms. The molecule has 0 unspecified atom stereocenters. The summed E-state index contributed by atoms with van der Waals surface area (Å²) in [6, 6.07) is 7.98. The van der Waals surface area contributed by atoms with Crippen LogP contribution >= 0.6 is 0 Å². The highest BCUT2D eigenvalue weighted by atomic mass is 16.6. The summed E-state index contributed by atoms with van der Waals surface area (Å²) in [4.78, 5) is 12.2. The lowest BCUT2D eigenvalue weighted by Crippen LogP contribution is -2.45. The normalized spacial score (nSPS) is 22.7. The largest absolute Gasteiger partial charge is 0.497 e. The Kier molecular flexibility index (Phi) is 4.88. The van der Waals surface area contributed by atoms with E-state index in [-0.39, 0.29) is 18.1 Å². The predicted molar refractivity (Wildman–Crippen MR) is 82.4 cm³/mol. The molecule has 1 N–H and O–H groups in total. The van der Waals surface area contributed by atoms with Gasteiger partial charge in [0.2, 0.25) is 0 Å². The summed E-state index contributed by atoms with van der Waals surface area (Å²) in [7, 11) is 1.66. The van der Waals surface area contributed by atoms with Crippen molar-refractivity contribution in [1.29, 1.82) is 0 Å². The van der Waals surface area contributed by atoms with Gasteiger partial charge in [0, 0.05) is 6.04 Å². The monoisotopic (exact) mass is 291 g/mol. The van der Waals surface area contributed by atoms with Crippen molar-refractivity contribution < 1.29 is 14.3 Å². The van der Waals surface area contributed by atoms with Crippen LogP contribution in [0.2, 0.25) is 0 Å². The van der Waals surface area contributed by atoms with Crippen molar-refractivity contribution in [3.05, 3.63) is 29.8 Å². The molecule has 21 heavy (non-hydrogen) atoms. The molecule has 0 aromatic heterocycles. The lowest BCUT2D eigenvalue weighted by atomic mass is 9.93. The molecule has 4 nitrogen and oxygen atoms in total. The number of ether oxygens (including phenoxy) is 2. The highest BCUT2D eigenvalue weighted by Crippen LogP contribution is 2.27. The van der Waals surface area contributed by atoms with Crippen molar-refractivity contribution in [2.75, 3.05) is 7.11 Å². The van der Waals surface area contributed by atoms with Gasteiger partial charge in [0.05, 0.1) is 7.11 Å². The minimum Gasteiger partial charge on any atom is -0.497 e. The number of esters is 1. The average molecular weight is 291 g/mol. The number of piperidine rings is 1. The number of carbonyl (C=O) groups is 1. The summed E-state index contributed by atoms with van der Waals surface area (Å²) >= 11 is 0. The maximum atomic E-state index is 12.2. The van der Waals surface area contributed by atoms with Crippen LogP contribution in [0, 0.1) is 0 Å². The van der Waals surface area contributed by atoms with Crippen LogP contribution in [0.5, 0.6) is 5.75 Å². The number of rotatable bonds is 3. The fraction of sp³-hybridized carbons (Fsp3) is 0.588. The van der Waals surface area contributed by atoms with E-state index in [1.165, 1.54) is 5.56 Å². The molecule has 1 aliphatic rings. The molecule has 0 aliphatic carbocycles. The third-order valence-corrected chi connectivity index (χ3v) is 3.60. The van der Waals surface area contributed by atoms with Crippen LogP contribution in [0.3, 0.4) is 0 Å². The van der Waals surface area contributed by atoms with Crippen molar-refractivity contribution in [3.63, 3.8) is 0 Å². The van der Waals surface area contributed by atoms with Crippen molar-refractivity contribution in [3.8, 4) is 5.75 Å². The van der Waals surface area contributed by atoms with Crippen molar-refractivity contribution in [2.45, 2.75) is 57.7 Å². The van der Waals surface area contributed by atoms with Gasteiger partial charge in [-0.3, -0.25) is 10.1 Å². The second kappa shape index (κ2) is 6.48. The molecule has 1 aromatic rings. The van der Waals surface area contributed by atoms with Crippen molar-refractivity contribution in [1.82, 2.24) is 5.32 Å². The molecule has 1 fully saturated rings. The maximum absolute atomic E-state index is 12.2. The minimum atomic E-state index is -0.439. The van der Waals surface area contributed by atoms with E-state index < -0.39 is 5.60 Å². The molecular weight excluding hydrogens is 266 g/mol. The lowest BCUT2D eigenvalue weighted by molar-refractivity contribution is -0.158. The first kappa shape index (κ1) is 15.8. The molecule has 1 aromatic carbocycles. The molecule has 1 heterocycles. The summed E-state index contributed by atoms with van der Waals surface area (Å²) in [5.74, 6) is 0.693. The molecule has 1 aliphatic heterocycles. The van der Waals surface area contributed by atoms with E-state index in [2.05, 4.69) is 5.32 Å². The Morgan fingerprint density at radius 1 is 1.19 bits per heavy atom.